The molecule has 0 aromatic heterocycles. The molecule has 2 N–H and O–H groups in total. The van der Waals surface area contributed by atoms with Gasteiger partial charge < -0.3 is 20.1 Å². The Kier molecular flexibility index (Phi) is 16.9. The molecule has 0 heterocycles. The fourth-order valence-corrected chi connectivity index (χ4v) is 6.36. The van der Waals surface area contributed by atoms with E-state index in [9.17, 15) is 19.5 Å². The first-order chi connectivity index (χ1) is 22.4. The molecular formula is C39H54N2O5. The van der Waals surface area contributed by atoms with E-state index in [1.54, 1.807) is 11.0 Å². The molecule has 0 saturated heterocycles. The molecule has 2 aromatic carbocycles. The highest BCUT2D eigenvalue weighted by Gasteiger charge is 2.29. The highest BCUT2D eigenvalue weighted by molar-refractivity contribution is 5.86. The van der Waals surface area contributed by atoms with Gasteiger partial charge in [0.25, 0.3) is 0 Å². The van der Waals surface area contributed by atoms with E-state index in [0.29, 0.717) is 31.7 Å². The zero-order chi connectivity index (χ0) is 33.0. The third-order valence-electron chi connectivity index (χ3n) is 8.92. The minimum Gasteiger partial charge on any atom is -0.463 e. The molecule has 46 heavy (non-hydrogen) atoms. The maximum absolute atomic E-state index is 13.7. The van der Waals surface area contributed by atoms with E-state index in [-0.39, 0.29) is 55.9 Å². The third-order valence-corrected chi connectivity index (χ3v) is 8.92. The van der Waals surface area contributed by atoms with Crippen LogP contribution in [0.3, 0.4) is 0 Å². The smallest absolute Gasteiger partial charge is 0.309 e. The Morgan fingerprint density at radius 2 is 1.61 bits per heavy atom. The van der Waals surface area contributed by atoms with Crippen LogP contribution < -0.4 is 5.32 Å². The zero-order valence-electron chi connectivity index (χ0n) is 27.5. The number of allylic oxidation sites excluding steroid dienone is 2. The standard InChI is InChI=1S/C39H54N2O5/c1-3-5-9-23-35(26-31-17-10-6-11-18-31)39(45)46-30-36(27-32-19-12-7-13-20-32)40-38(44)34(16-4-2)28-37(43)41(24-25-42)29-33-21-14-8-15-22-33/h3-4,6,8,10-11,14-15,17-18,21-22,32,34-36,42H,1-2,5,7,9,12-13,16,19-20,23-30H2,(H,40,44)/t34-,35-,36+/m1/s1. The molecular weight excluding hydrogens is 576 g/mol. The maximum atomic E-state index is 13.7. The van der Waals surface area contributed by atoms with E-state index in [1.807, 2.05) is 66.7 Å². The van der Waals surface area contributed by atoms with Crippen LogP contribution >= 0.6 is 0 Å². The highest BCUT2D eigenvalue weighted by Crippen LogP contribution is 2.28. The van der Waals surface area contributed by atoms with Gasteiger partial charge in [0.1, 0.15) is 6.61 Å². The van der Waals surface area contributed by atoms with Crippen molar-refractivity contribution < 1.29 is 24.2 Å². The number of carbonyl (C=O) groups excluding carboxylic acids is 3. The van der Waals surface area contributed by atoms with Crippen molar-refractivity contribution in [1.29, 1.82) is 0 Å². The number of hydrogen-bond donors (Lipinski definition) is 2. The van der Waals surface area contributed by atoms with Crippen molar-refractivity contribution in [3.63, 3.8) is 0 Å². The molecule has 0 radical (unpaired) electrons. The van der Waals surface area contributed by atoms with Gasteiger partial charge in [-0.15, -0.1) is 13.2 Å². The number of esters is 1. The zero-order valence-corrected chi connectivity index (χ0v) is 27.5. The van der Waals surface area contributed by atoms with Crippen molar-refractivity contribution in [2.24, 2.45) is 17.8 Å². The van der Waals surface area contributed by atoms with Gasteiger partial charge in [-0.05, 0) is 55.6 Å². The Balaban J connectivity index is 1.68. The van der Waals surface area contributed by atoms with Crippen LogP contribution in [0.25, 0.3) is 0 Å². The number of nitrogens with one attached hydrogen (secondary N) is 1. The van der Waals surface area contributed by atoms with Crippen molar-refractivity contribution >= 4 is 17.8 Å². The molecule has 250 valence electrons. The molecule has 1 aliphatic carbocycles. The molecule has 0 spiro atoms. The summed E-state index contributed by atoms with van der Waals surface area (Å²) in [6, 6.07) is 19.3. The first-order valence-corrected chi connectivity index (χ1v) is 17.1. The predicted molar refractivity (Wildman–Crippen MR) is 184 cm³/mol. The SMILES string of the molecule is C=CCCC[C@H](Cc1ccccc1)C(=O)OC[C@H](CC1CCCCC1)NC(=O)[C@H](CC=C)CC(=O)N(CCO)Cc1ccccc1. The number of aliphatic hydroxyl groups excluding tert-OH is 1. The first kappa shape index (κ1) is 36.8. The number of aliphatic hydroxyl groups is 1. The summed E-state index contributed by atoms with van der Waals surface area (Å²) in [5.41, 5.74) is 2.05. The summed E-state index contributed by atoms with van der Waals surface area (Å²) in [6.07, 6.45) is 13.4. The van der Waals surface area contributed by atoms with E-state index >= 15 is 0 Å². The van der Waals surface area contributed by atoms with Gasteiger partial charge in [0.15, 0.2) is 0 Å². The maximum Gasteiger partial charge on any atom is 0.309 e. The molecule has 0 unspecified atom stereocenters. The van der Waals surface area contributed by atoms with Crippen LogP contribution in [0.15, 0.2) is 86.0 Å². The van der Waals surface area contributed by atoms with Crippen LogP contribution in [0.5, 0.6) is 0 Å². The van der Waals surface area contributed by atoms with Gasteiger partial charge in [-0.25, -0.2) is 0 Å². The number of amides is 2. The molecule has 1 saturated carbocycles. The summed E-state index contributed by atoms with van der Waals surface area (Å²) >= 11 is 0. The van der Waals surface area contributed by atoms with Crippen LogP contribution in [0, 0.1) is 17.8 Å². The largest absolute Gasteiger partial charge is 0.463 e. The Morgan fingerprint density at radius 1 is 0.935 bits per heavy atom. The quantitative estimate of drug-likeness (QED) is 0.0899. The Bertz CT molecular complexity index is 1200. The van der Waals surface area contributed by atoms with Crippen LogP contribution in [0.1, 0.15) is 81.8 Å². The van der Waals surface area contributed by atoms with Crippen LogP contribution in [-0.2, 0) is 32.1 Å². The minimum atomic E-state index is -0.615. The highest BCUT2D eigenvalue weighted by atomic mass is 16.5. The number of hydrogen-bond acceptors (Lipinski definition) is 5. The predicted octanol–water partition coefficient (Wildman–Crippen LogP) is 6.80. The Morgan fingerprint density at radius 3 is 2.24 bits per heavy atom. The number of unbranched alkanes of at least 4 members (excludes halogenated alkanes) is 1. The second-order valence-electron chi connectivity index (χ2n) is 12.6. The fourth-order valence-electron chi connectivity index (χ4n) is 6.36. The molecule has 2 aromatic rings. The second-order valence-corrected chi connectivity index (χ2v) is 12.6. The summed E-state index contributed by atoms with van der Waals surface area (Å²) in [5.74, 6) is -1.11. The monoisotopic (exact) mass is 630 g/mol. The van der Waals surface area contributed by atoms with Crippen molar-refractivity contribution in [2.45, 2.75) is 89.6 Å². The fraction of sp³-hybridized carbons (Fsp3) is 0.513. The molecule has 3 rings (SSSR count). The number of ether oxygens (including phenoxy) is 1. The normalized spacial score (nSPS) is 15.2. The van der Waals surface area contributed by atoms with Crippen LogP contribution in [0.2, 0.25) is 0 Å². The molecule has 0 aliphatic heterocycles. The minimum absolute atomic E-state index is 0.00305. The van der Waals surface area contributed by atoms with Gasteiger partial charge in [-0.3, -0.25) is 14.4 Å². The lowest BCUT2D eigenvalue weighted by molar-refractivity contribution is -0.150. The van der Waals surface area contributed by atoms with Crippen LogP contribution in [-0.4, -0.2) is 53.6 Å². The lowest BCUT2D eigenvalue weighted by Gasteiger charge is -2.29. The van der Waals surface area contributed by atoms with E-state index < -0.39 is 5.92 Å². The molecule has 7 heteroatoms. The third kappa shape index (κ3) is 13.3. The first-order valence-electron chi connectivity index (χ1n) is 17.1. The summed E-state index contributed by atoms with van der Waals surface area (Å²) in [7, 11) is 0. The average molecular weight is 631 g/mol. The summed E-state index contributed by atoms with van der Waals surface area (Å²) in [6.45, 7) is 8.14. The number of benzene rings is 2. The van der Waals surface area contributed by atoms with Gasteiger partial charge in [-0.2, -0.15) is 0 Å². The van der Waals surface area contributed by atoms with E-state index in [4.69, 9.17) is 4.74 Å². The van der Waals surface area contributed by atoms with Crippen molar-refractivity contribution in [3.05, 3.63) is 97.1 Å². The second kappa shape index (κ2) is 21.2. The van der Waals surface area contributed by atoms with Crippen molar-refractivity contribution in [2.75, 3.05) is 19.8 Å². The Labute approximate surface area is 276 Å². The topological polar surface area (TPSA) is 95.9 Å². The average Bonchev–Trinajstić information content (AvgIpc) is 3.07. The number of carbonyl (C=O) groups is 3. The molecule has 2 amide bonds. The lowest BCUT2D eigenvalue weighted by Crippen LogP contribution is -2.45. The van der Waals surface area contributed by atoms with Gasteiger partial charge >= 0.3 is 5.97 Å². The van der Waals surface area contributed by atoms with Gasteiger partial charge in [0.2, 0.25) is 11.8 Å². The summed E-state index contributed by atoms with van der Waals surface area (Å²) < 4.78 is 5.97. The van der Waals surface area contributed by atoms with E-state index in [2.05, 4.69) is 18.5 Å². The molecule has 7 nitrogen and oxygen atoms in total. The molecule has 1 aliphatic rings. The molecule has 1 fully saturated rings. The van der Waals surface area contributed by atoms with Gasteiger partial charge in [-0.1, -0.05) is 105 Å². The van der Waals surface area contributed by atoms with Crippen molar-refractivity contribution in [3.8, 4) is 0 Å². The van der Waals surface area contributed by atoms with Crippen molar-refractivity contribution in [1.82, 2.24) is 10.2 Å². The van der Waals surface area contributed by atoms with Gasteiger partial charge in [0.05, 0.1) is 24.5 Å². The van der Waals surface area contributed by atoms with E-state index in [1.165, 1.54) is 19.3 Å². The van der Waals surface area contributed by atoms with E-state index in [0.717, 1.165) is 43.2 Å². The lowest BCUT2D eigenvalue weighted by atomic mass is 9.84. The Hall–Kier alpha value is -3.71. The summed E-state index contributed by atoms with van der Waals surface area (Å²) in [5, 5.41) is 12.8. The van der Waals surface area contributed by atoms with Crippen LogP contribution in [0.4, 0.5) is 0 Å². The summed E-state index contributed by atoms with van der Waals surface area (Å²) in [4.78, 5) is 42.2. The number of rotatable bonds is 21. The van der Waals surface area contributed by atoms with Gasteiger partial charge in [0, 0.05) is 19.5 Å². The number of nitrogens with zero attached hydrogens (tertiary/aromatic N) is 1. The molecule has 3 atom stereocenters. The molecule has 0 bridgehead atoms.